The van der Waals surface area contributed by atoms with E-state index in [1.165, 1.54) is 19.3 Å². The average molecular weight is 633 g/mol. The monoisotopic (exact) mass is 632 g/mol. The van der Waals surface area contributed by atoms with E-state index in [4.69, 9.17) is 19.1 Å². The number of hydrogen-bond acceptors (Lipinski definition) is 9. The molecule has 0 bridgehead atoms. The molecule has 0 saturated carbocycles. The lowest BCUT2D eigenvalue weighted by Crippen LogP contribution is -2.29. The lowest BCUT2D eigenvalue weighted by Gasteiger charge is -2.20. The second-order valence-electron chi connectivity index (χ2n) is 10.5. The summed E-state index contributed by atoms with van der Waals surface area (Å²) in [6, 6.07) is 0. The number of allylic oxidation sites excluding steroid dienone is 6. The predicted octanol–water partition coefficient (Wildman–Crippen LogP) is 6.88. The Morgan fingerprint density at radius 3 is 1.93 bits per heavy atom. The van der Waals surface area contributed by atoms with Crippen molar-refractivity contribution in [2.75, 3.05) is 26.4 Å². The van der Waals surface area contributed by atoms with E-state index in [0.717, 1.165) is 57.8 Å². The van der Waals surface area contributed by atoms with Crippen molar-refractivity contribution in [3.63, 3.8) is 0 Å². The highest BCUT2D eigenvalue weighted by Gasteiger charge is 2.27. The molecule has 0 amide bonds. The van der Waals surface area contributed by atoms with E-state index in [1.54, 1.807) is 0 Å². The van der Waals surface area contributed by atoms with Gasteiger partial charge in [-0.3, -0.25) is 18.6 Å². The molecule has 11 heteroatoms. The maximum absolute atomic E-state index is 12.4. The predicted molar refractivity (Wildman–Crippen MR) is 168 cm³/mol. The standard InChI is InChI=1S/C32H57O10P/c1-3-5-7-9-11-12-13-14-15-16-18-20-22-24-32(36)42-30(28-41-43(37,38)40-26-29(34)25-33)27-39-31(35)23-21-19-17-10-8-6-4-2/h5,7,11-12,14-15,29-30,33-34H,3-4,6,8-10,13,16-28H2,1-2H3,(H,37,38)/b7-5-,12-11-,15-14-. The molecule has 0 aromatic rings. The lowest BCUT2D eigenvalue weighted by atomic mass is 10.1. The summed E-state index contributed by atoms with van der Waals surface area (Å²) in [5.74, 6) is -0.972. The fraction of sp³-hybridized carbons (Fsp3) is 0.750. The Bertz CT molecular complexity index is 827. The molecule has 0 fully saturated rings. The molecule has 0 aliphatic heterocycles. The fourth-order valence-electron chi connectivity index (χ4n) is 3.83. The number of rotatable bonds is 29. The second-order valence-corrected chi connectivity index (χ2v) is 11.9. The molecule has 0 spiro atoms. The molecule has 0 aliphatic rings. The van der Waals surface area contributed by atoms with Crippen molar-refractivity contribution in [3.05, 3.63) is 36.5 Å². The summed E-state index contributed by atoms with van der Waals surface area (Å²) in [5.41, 5.74) is 0. The number of aliphatic hydroxyl groups excluding tert-OH is 2. The first kappa shape index (κ1) is 41.2. The highest BCUT2D eigenvalue weighted by Crippen LogP contribution is 2.43. The molecular weight excluding hydrogens is 575 g/mol. The van der Waals surface area contributed by atoms with Crippen LogP contribution in [0.15, 0.2) is 36.5 Å². The molecule has 0 aromatic heterocycles. The number of esters is 2. The summed E-state index contributed by atoms with van der Waals surface area (Å²) >= 11 is 0. The first-order valence-electron chi connectivity index (χ1n) is 15.9. The zero-order chi connectivity index (χ0) is 32.0. The summed E-state index contributed by atoms with van der Waals surface area (Å²) in [6.07, 6.45) is 24.4. The zero-order valence-electron chi connectivity index (χ0n) is 26.4. The summed E-state index contributed by atoms with van der Waals surface area (Å²) in [6.45, 7) is 2.13. The molecule has 0 aromatic carbocycles. The maximum atomic E-state index is 12.4. The minimum atomic E-state index is -4.61. The second kappa shape index (κ2) is 28.9. The van der Waals surface area contributed by atoms with Crippen LogP contribution in [0, 0.1) is 0 Å². The molecule has 0 radical (unpaired) electrons. The van der Waals surface area contributed by atoms with Gasteiger partial charge in [0.05, 0.1) is 19.8 Å². The minimum absolute atomic E-state index is 0.149. The Kier molecular flexibility index (Phi) is 27.7. The van der Waals surface area contributed by atoms with Gasteiger partial charge in [0, 0.05) is 12.8 Å². The number of aliphatic hydroxyl groups is 2. The van der Waals surface area contributed by atoms with Crippen molar-refractivity contribution < 1.29 is 47.8 Å². The van der Waals surface area contributed by atoms with Gasteiger partial charge in [0.15, 0.2) is 6.10 Å². The van der Waals surface area contributed by atoms with E-state index in [2.05, 4.69) is 54.8 Å². The van der Waals surface area contributed by atoms with Crippen LogP contribution in [0.25, 0.3) is 0 Å². The van der Waals surface area contributed by atoms with Crippen molar-refractivity contribution in [3.8, 4) is 0 Å². The quantitative estimate of drug-likeness (QED) is 0.0345. The Morgan fingerprint density at radius 1 is 0.721 bits per heavy atom. The van der Waals surface area contributed by atoms with Gasteiger partial charge < -0.3 is 24.6 Å². The van der Waals surface area contributed by atoms with Crippen molar-refractivity contribution >= 4 is 19.8 Å². The molecule has 0 heterocycles. The van der Waals surface area contributed by atoms with Crippen molar-refractivity contribution in [2.24, 2.45) is 0 Å². The average Bonchev–Trinajstić information content (AvgIpc) is 2.99. The highest BCUT2D eigenvalue weighted by atomic mass is 31.2. The smallest absolute Gasteiger partial charge is 0.462 e. The molecule has 3 unspecified atom stereocenters. The van der Waals surface area contributed by atoms with E-state index in [0.29, 0.717) is 12.8 Å². The Hall–Kier alpha value is -1.81. The van der Waals surface area contributed by atoms with Gasteiger partial charge in [0.2, 0.25) is 0 Å². The SMILES string of the molecule is CC/C=C\C/C=C\C/C=C\CCCCCC(=O)OC(COC(=O)CCCCCCCCC)COP(=O)(O)OCC(O)CO. The van der Waals surface area contributed by atoms with Gasteiger partial charge in [0.1, 0.15) is 12.7 Å². The Labute approximate surface area is 259 Å². The van der Waals surface area contributed by atoms with Crippen LogP contribution in [-0.4, -0.2) is 65.7 Å². The van der Waals surface area contributed by atoms with E-state index in [1.807, 2.05) is 0 Å². The largest absolute Gasteiger partial charge is 0.472 e. The van der Waals surface area contributed by atoms with Gasteiger partial charge in [0.25, 0.3) is 0 Å². The summed E-state index contributed by atoms with van der Waals surface area (Å²) < 4.78 is 32.3. The van der Waals surface area contributed by atoms with Crippen LogP contribution in [0.3, 0.4) is 0 Å². The van der Waals surface area contributed by atoms with Crippen LogP contribution in [0.2, 0.25) is 0 Å². The maximum Gasteiger partial charge on any atom is 0.472 e. The van der Waals surface area contributed by atoms with Crippen LogP contribution in [0.5, 0.6) is 0 Å². The number of phosphoric ester groups is 1. The fourth-order valence-corrected chi connectivity index (χ4v) is 4.62. The Morgan fingerprint density at radius 2 is 1.28 bits per heavy atom. The molecular formula is C32H57O10P. The molecule has 3 atom stereocenters. The highest BCUT2D eigenvalue weighted by molar-refractivity contribution is 7.47. The number of carbonyl (C=O) groups is 2. The molecule has 43 heavy (non-hydrogen) atoms. The van der Waals surface area contributed by atoms with Crippen molar-refractivity contribution in [1.82, 2.24) is 0 Å². The molecule has 0 rings (SSSR count). The molecule has 0 aliphatic carbocycles. The third-order valence-corrected chi connectivity index (χ3v) is 7.26. The van der Waals surface area contributed by atoms with Crippen LogP contribution in [0.1, 0.15) is 117 Å². The molecule has 250 valence electrons. The number of hydrogen-bond donors (Lipinski definition) is 3. The summed E-state index contributed by atoms with van der Waals surface area (Å²) in [7, 11) is -4.61. The van der Waals surface area contributed by atoms with E-state index in [9.17, 15) is 24.2 Å². The minimum Gasteiger partial charge on any atom is -0.462 e. The molecule has 3 N–H and O–H groups in total. The van der Waals surface area contributed by atoms with Crippen LogP contribution < -0.4 is 0 Å². The van der Waals surface area contributed by atoms with E-state index >= 15 is 0 Å². The summed E-state index contributed by atoms with van der Waals surface area (Å²) in [5, 5.41) is 18.2. The van der Waals surface area contributed by atoms with Gasteiger partial charge in [-0.15, -0.1) is 0 Å². The zero-order valence-corrected chi connectivity index (χ0v) is 27.3. The van der Waals surface area contributed by atoms with Gasteiger partial charge in [-0.25, -0.2) is 4.57 Å². The van der Waals surface area contributed by atoms with Gasteiger partial charge in [-0.05, 0) is 44.9 Å². The third kappa shape index (κ3) is 28.7. The van der Waals surface area contributed by atoms with Gasteiger partial charge >= 0.3 is 19.8 Å². The number of carbonyl (C=O) groups excluding carboxylic acids is 2. The topological polar surface area (TPSA) is 149 Å². The van der Waals surface area contributed by atoms with Crippen molar-refractivity contribution in [2.45, 2.75) is 129 Å². The van der Waals surface area contributed by atoms with Gasteiger partial charge in [-0.2, -0.15) is 0 Å². The van der Waals surface area contributed by atoms with Crippen LogP contribution >= 0.6 is 7.82 Å². The van der Waals surface area contributed by atoms with Crippen LogP contribution in [-0.2, 0) is 32.7 Å². The summed E-state index contributed by atoms with van der Waals surface area (Å²) in [4.78, 5) is 34.5. The molecule has 0 saturated heterocycles. The van der Waals surface area contributed by atoms with E-state index in [-0.39, 0.29) is 19.4 Å². The normalized spacial score (nSPS) is 14.8. The first-order chi connectivity index (χ1) is 20.7. The molecule has 10 nitrogen and oxygen atoms in total. The number of unbranched alkanes of at least 4 members (excludes halogenated alkanes) is 9. The first-order valence-corrected chi connectivity index (χ1v) is 17.4. The number of phosphoric acid groups is 1. The van der Waals surface area contributed by atoms with E-state index < -0.39 is 51.8 Å². The van der Waals surface area contributed by atoms with Crippen LogP contribution in [0.4, 0.5) is 0 Å². The Balaban J connectivity index is 4.51. The third-order valence-electron chi connectivity index (χ3n) is 6.31. The van der Waals surface area contributed by atoms with Gasteiger partial charge in [-0.1, -0.05) is 95.2 Å². The lowest BCUT2D eigenvalue weighted by molar-refractivity contribution is -0.161. The number of ether oxygens (including phenoxy) is 2. The van der Waals surface area contributed by atoms with Crippen molar-refractivity contribution in [1.29, 1.82) is 0 Å².